The second-order valence-electron chi connectivity index (χ2n) is 6.88. The fraction of sp³-hybridized carbons (Fsp3) is 0.286. The van der Waals surface area contributed by atoms with Crippen LogP contribution in [0, 0.1) is 0 Å². The van der Waals surface area contributed by atoms with Gasteiger partial charge in [-0.25, -0.2) is 0 Å². The number of nitrogens with zero attached hydrogens (tertiary/aromatic N) is 1. The molecule has 144 valence electrons. The van der Waals surface area contributed by atoms with Gasteiger partial charge in [-0.05, 0) is 35.9 Å². The van der Waals surface area contributed by atoms with Crippen LogP contribution in [0.2, 0.25) is 0 Å². The summed E-state index contributed by atoms with van der Waals surface area (Å²) in [6.45, 7) is 3.56. The number of morpholine rings is 1. The molecule has 7 heteroatoms. The van der Waals surface area contributed by atoms with Crippen LogP contribution in [0.4, 0.5) is 0 Å². The number of rotatable bonds is 3. The number of Topliss-reactive ketones (excluding diaryl/α,β-unsaturated/α-hetero) is 1. The molecule has 2 aromatic carbocycles. The van der Waals surface area contributed by atoms with Gasteiger partial charge in [0.15, 0.2) is 17.3 Å². The molecule has 0 saturated carbocycles. The Morgan fingerprint density at radius 3 is 2.75 bits per heavy atom. The molecule has 0 atom stereocenters. The lowest BCUT2D eigenvalue weighted by Gasteiger charge is -2.27. The minimum atomic E-state index is -0.198. The van der Waals surface area contributed by atoms with Gasteiger partial charge in [0.25, 0.3) is 0 Å². The predicted molar refractivity (Wildman–Crippen MR) is 99.7 cm³/mol. The van der Waals surface area contributed by atoms with Crippen molar-refractivity contribution in [2.75, 3.05) is 33.1 Å². The highest BCUT2D eigenvalue weighted by Gasteiger charge is 2.32. The van der Waals surface area contributed by atoms with Crippen LogP contribution in [0.3, 0.4) is 0 Å². The third-order valence-corrected chi connectivity index (χ3v) is 5.10. The summed E-state index contributed by atoms with van der Waals surface area (Å²) in [5.41, 5.74) is 1.87. The molecule has 1 N–H and O–H groups in total. The summed E-state index contributed by atoms with van der Waals surface area (Å²) in [6, 6.07) is 8.61. The fourth-order valence-electron chi connectivity index (χ4n) is 3.59. The highest BCUT2D eigenvalue weighted by Crippen LogP contribution is 2.41. The molecule has 0 aromatic heterocycles. The van der Waals surface area contributed by atoms with E-state index in [1.165, 1.54) is 0 Å². The number of ether oxygens (including phenoxy) is 4. The van der Waals surface area contributed by atoms with E-state index in [9.17, 15) is 9.90 Å². The van der Waals surface area contributed by atoms with E-state index in [1.807, 2.05) is 6.07 Å². The van der Waals surface area contributed by atoms with Gasteiger partial charge in [0, 0.05) is 19.6 Å². The molecule has 0 unspecified atom stereocenters. The molecule has 0 aliphatic carbocycles. The summed E-state index contributed by atoms with van der Waals surface area (Å²) in [4.78, 5) is 15.0. The first-order valence-electron chi connectivity index (χ1n) is 9.18. The van der Waals surface area contributed by atoms with Crippen molar-refractivity contribution in [1.82, 2.24) is 4.90 Å². The van der Waals surface area contributed by atoms with E-state index in [1.54, 1.807) is 30.3 Å². The standard InChI is InChI=1S/C21H19NO6/c23-16-3-2-14-20(24)19(10-13-1-4-17-18(9-13)27-12-26-17)28-21(14)15(16)11-22-5-7-25-8-6-22/h1-4,9-10,23H,5-8,11-12H2/b19-10+. The molecule has 0 spiro atoms. The molecule has 0 bridgehead atoms. The minimum absolute atomic E-state index is 0.127. The Morgan fingerprint density at radius 2 is 1.89 bits per heavy atom. The molecule has 1 fully saturated rings. The van der Waals surface area contributed by atoms with Gasteiger partial charge in [-0.1, -0.05) is 6.07 Å². The van der Waals surface area contributed by atoms with E-state index in [4.69, 9.17) is 18.9 Å². The predicted octanol–water partition coefficient (Wildman–Crippen LogP) is 2.57. The summed E-state index contributed by atoms with van der Waals surface area (Å²) < 4.78 is 22.0. The molecule has 3 aliphatic heterocycles. The lowest BCUT2D eigenvalue weighted by molar-refractivity contribution is 0.0336. The molecular formula is C21H19NO6. The summed E-state index contributed by atoms with van der Waals surface area (Å²) >= 11 is 0. The van der Waals surface area contributed by atoms with Crippen LogP contribution in [0.5, 0.6) is 23.0 Å². The van der Waals surface area contributed by atoms with E-state index >= 15 is 0 Å². The molecular weight excluding hydrogens is 362 g/mol. The summed E-state index contributed by atoms with van der Waals surface area (Å²) in [6.07, 6.45) is 1.68. The van der Waals surface area contributed by atoms with Crippen molar-refractivity contribution in [1.29, 1.82) is 0 Å². The summed E-state index contributed by atoms with van der Waals surface area (Å²) in [7, 11) is 0. The second kappa shape index (κ2) is 6.85. The molecule has 7 nitrogen and oxygen atoms in total. The van der Waals surface area contributed by atoms with E-state index in [-0.39, 0.29) is 24.1 Å². The maximum Gasteiger partial charge on any atom is 0.231 e. The van der Waals surface area contributed by atoms with Crippen LogP contribution in [-0.2, 0) is 11.3 Å². The Labute approximate surface area is 161 Å². The van der Waals surface area contributed by atoms with Crippen LogP contribution in [0.25, 0.3) is 6.08 Å². The number of carbonyl (C=O) groups excluding carboxylic acids is 1. The van der Waals surface area contributed by atoms with Crippen molar-refractivity contribution < 1.29 is 28.8 Å². The van der Waals surface area contributed by atoms with Crippen molar-refractivity contribution in [2.24, 2.45) is 0 Å². The van der Waals surface area contributed by atoms with Gasteiger partial charge in [-0.2, -0.15) is 0 Å². The Morgan fingerprint density at radius 1 is 1.07 bits per heavy atom. The van der Waals surface area contributed by atoms with Gasteiger partial charge in [0.05, 0.1) is 24.3 Å². The third-order valence-electron chi connectivity index (χ3n) is 5.10. The zero-order valence-corrected chi connectivity index (χ0v) is 15.1. The lowest BCUT2D eigenvalue weighted by Crippen LogP contribution is -2.35. The van der Waals surface area contributed by atoms with Gasteiger partial charge in [-0.15, -0.1) is 0 Å². The Hall–Kier alpha value is -3.03. The van der Waals surface area contributed by atoms with Crippen LogP contribution in [0.15, 0.2) is 36.1 Å². The normalized spacial score (nSPS) is 19.7. The van der Waals surface area contributed by atoms with E-state index in [0.717, 1.165) is 18.7 Å². The molecule has 28 heavy (non-hydrogen) atoms. The highest BCUT2D eigenvalue weighted by molar-refractivity contribution is 6.15. The average molecular weight is 381 g/mol. The van der Waals surface area contributed by atoms with Crippen LogP contribution in [-0.4, -0.2) is 48.9 Å². The topological polar surface area (TPSA) is 77.5 Å². The molecule has 5 rings (SSSR count). The highest BCUT2D eigenvalue weighted by atomic mass is 16.7. The Bertz CT molecular complexity index is 977. The lowest BCUT2D eigenvalue weighted by atomic mass is 10.0. The zero-order valence-electron chi connectivity index (χ0n) is 15.1. The Balaban J connectivity index is 1.45. The summed E-state index contributed by atoms with van der Waals surface area (Å²) in [5.74, 6) is 1.91. The van der Waals surface area contributed by atoms with Gasteiger partial charge in [0.1, 0.15) is 11.5 Å². The number of fused-ring (bicyclic) bond motifs is 2. The maximum absolute atomic E-state index is 12.8. The quantitative estimate of drug-likeness (QED) is 0.819. The fourth-order valence-corrected chi connectivity index (χ4v) is 3.59. The number of aromatic hydroxyl groups is 1. The van der Waals surface area contributed by atoms with E-state index in [2.05, 4.69) is 4.90 Å². The van der Waals surface area contributed by atoms with Crippen molar-refractivity contribution in [3.63, 3.8) is 0 Å². The SMILES string of the molecule is O=C1/C(=C\c2ccc3c(c2)OCO3)Oc2c1ccc(O)c2CN1CCOCC1. The molecule has 3 aliphatic rings. The smallest absolute Gasteiger partial charge is 0.231 e. The summed E-state index contributed by atoms with van der Waals surface area (Å²) in [5, 5.41) is 10.4. The first kappa shape index (κ1) is 17.1. The largest absolute Gasteiger partial charge is 0.507 e. The van der Waals surface area contributed by atoms with Gasteiger partial charge in [-0.3, -0.25) is 9.69 Å². The average Bonchev–Trinajstić information content (AvgIpc) is 3.30. The van der Waals surface area contributed by atoms with Gasteiger partial charge in [0.2, 0.25) is 12.6 Å². The van der Waals surface area contributed by atoms with Gasteiger partial charge < -0.3 is 24.1 Å². The first-order chi connectivity index (χ1) is 13.7. The zero-order chi connectivity index (χ0) is 19.1. The number of benzene rings is 2. The third kappa shape index (κ3) is 2.98. The number of carbonyl (C=O) groups is 1. The molecule has 1 saturated heterocycles. The first-order valence-corrected chi connectivity index (χ1v) is 9.18. The number of ketones is 1. The molecule has 0 radical (unpaired) electrons. The van der Waals surface area contributed by atoms with Crippen molar-refractivity contribution in [3.8, 4) is 23.0 Å². The van der Waals surface area contributed by atoms with Crippen molar-refractivity contribution in [3.05, 3.63) is 52.8 Å². The van der Waals surface area contributed by atoms with Crippen LogP contribution >= 0.6 is 0 Å². The van der Waals surface area contributed by atoms with E-state index in [0.29, 0.717) is 48.1 Å². The van der Waals surface area contributed by atoms with Crippen LogP contribution in [0.1, 0.15) is 21.5 Å². The maximum atomic E-state index is 12.8. The monoisotopic (exact) mass is 381 g/mol. The van der Waals surface area contributed by atoms with Crippen LogP contribution < -0.4 is 14.2 Å². The van der Waals surface area contributed by atoms with Crippen molar-refractivity contribution in [2.45, 2.75) is 6.54 Å². The van der Waals surface area contributed by atoms with Gasteiger partial charge >= 0.3 is 0 Å². The number of hydrogen-bond donors (Lipinski definition) is 1. The number of hydrogen-bond acceptors (Lipinski definition) is 7. The molecule has 0 amide bonds. The number of phenolic OH excluding ortho intramolecular Hbond substituents is 1. The number of allylic oxidation sites excluding steroid dienone is 1. The molecule has 3 heterocycles. The Kier molecular flexibility index (Phi) is 4.18. The van der Waals surface area contributed by atoms with Crippen molar-refractivity contribution >= 4 is 11.9 Å². The second-order valence-corrected chi connectivity index (χ2v) is 6.88. The number of phenols is 1. The van der Waals surface area contributed by atoms with E-state index < -0.39 is 0 Å². The molecule has 2 aromatic rings. The minimum Gasteiger partial charge on any atom is -0.507 e.